The molecule has 1 atom stereocenters. The van der Waals surface area contributed by atoms with Gasteiger partial charge in [-0.3, -0.25) is 15.0 Å². The highest BCUT2D eigenvalue weighted by Gasteiger charge is 2.34. The van der Waals surface area contributed by atoms with Crippen molar-refractivity contribution in [1.29, 1.82) is 0 Å². The average molecular weight is 305 g/mol. The van der Waals surface area contributed by atoms with Crippen molar-refractivity contribution in [3.8, 4) is 5.75 Å². The minimum atomic E-state index is -0.472. The third-order valence-corrected chi connectivity index (χ3v) is 4.77. The molecule has 6 heteroatoms. The Kier molecular flexibility index (Phi) is 4.31. The Hall–Kier alpha value is -1.66. The van der Waals surface area contributed by atoms with Crippen LogP contribution in [-0.2, 0) is 0 Å². The number of hydrogen-bond donors (Lipinski definition) is 2. The van der Waals surface area contributed by atoms with Crippen molar-refractivity contribution in [2.45, 2.75) is 32.2 Å². The van der Waals surface area contributed by atoms with Crippen LogP contribution in [0.25, 0.3) is 0 Å². The van der Waals surface area contributed by atoms with Crippen molar-refractivity contribution in [3.63, 3.8) is 0 Å². The maximum Gasteiger partial charge on any atom is 0.313 e. The first-order valence-corrected chi connectivity index (χ1v) is 7.99. The molecule has 1 heterocycles. The predicted octanol–water partition coefficient (Wildman–Crippen LogP) is 2.36. The first-order chi connectivity index (χ1) is 10.6. The molecule has 2 fully saturated rings. The molecule has 2 aliphatic rings. The van der Waals surface area contributed by atoms with Crippen LogP contribution in [0.3, 0.4) is 0 Å². The summed E-state index contributed by atoms with van der Waals surface area (Å²) in [5.74, 6) is 0.550. The lowest BCUT2D eigenvalue weighted by Crippen LogP contribution is -2.45. The molecule has 120 valence electrons. The van der Waals surface area contributed by atoms with Crippen molar-refractivity contribution in [1.82, 2.24) is 10.2 Å². The van der Waals surface area contributed by atoms with Crippen molar-refractivity contribution in [3.05, 3.63) is 33.4 Å². The number of nitrogens with zero attached hydrogens (tertiary/aromatic N) is 2. The fourth-order valence-corrected chi connectivity index (χ4v) is 3.33. The van der Waals surface area contributed by atoms with Crippen LogP contribution in [0.4, 0.5) is 5.69 Å². The normalized spacial score (nSPS) is 20.8. The molecule has 2 N–H and O–H groups in total. The highest BCUT2D eigenvalue weighted by molar-refractivity contribution is 5.56. The van der Waals surface area contributed by atoms with Crippen LogP contribution >= 0.6 is 0 Å². The lowest BCUT2D eigenvalue weighted by Gasteiger charge is -2.35. The standard InChI is InChI=1S/C16H23N3O3/c1-11-2-5-13(16(20)15(11)19(21)22)14(10-12-3-4-12)18-8-6-17-7-9-18/h2,5,12,14,17,20H,3-4,6-10H2,1H3/t14-/m1/s1. The maximum absolute atomic E-state index is 11.3. The van der Waals surface area contributed by atoms with Gasteiger partial charge < -0.3 is 10.4 Å². The van der Waals surface area contributed by atoms with Gasteiger partial charge in [-0.05, 0) is 19.3 Å². The van der Waals surface area contributed by atoms with Crippen LogP contribution in [0, 0.1) is 23.0 Å². The molecule has 0 spiro atoms. The van der Waals surface area contributed by atoms with E-state index in [2.05, 4.69) is 10.2 Å². The summed E-state index contributed by atoms with van der Waals surface area (Å²) in [6.45, 7) is 5.35. The second kappa shape index (κ2) is 6.22. The number of piperazine rings is 1. The van der Waals surface area contributed by atoms with E-state index in [4.69, 9.17) is 0 Å². The highest BCUT2D eigenvalue weighted by Crippen LogP contribution is 2.45. The molecule has 0 bridgehead atoms. The Morgan fingerprint density at radius 2 is 2.09 bits per heavy atom. The van der Waals surface area contributed by atoms with E-state index in [1.807, 2.05) is 6.07 Å². The quantitative estimate of drug-likeness (QED) is 0.645. The average Bonchev–Trinajstić information content (AvgIpc) is 3.30. The molecule has 0 aromatic heterocycles. The summed E-state index contributed by atoms with van der Waals surface area (Å²) in [4.78, 5) is 13.1. The summed E-state index contributed by atoms with van der Waals surface area (Å²) < 4.78 is 0. The summed E-state index contributed by atoms with van der Waals surface area (Å²) in [5, 5.41) is 25.1. The number of nitrogens with one attached hydrogen (secondary N) is 1. The number of phenolic OH excluding ortho intramolecular Hbond substituents is 1. The molecule has 1 saturated heterocycles. The zero-order valence-corrected chi connectivity index (χ0v) is 12.9. The van der Waals surface area contributed by atoms with E-state index < -0.39 is 4.92 Å². The third kappa shape index (κ3) is 3.08. The summed E-state index contributed by atoms with van der Waals surface area (Å²) in [7, 11) is 0. The van der Waals surface area contributed by atoms with E-state index in [0.717, 1.165) is 32.6 Å². The Morgan fingerprint density at radius 1 is 1.41 bits per heavy atom. The topological polar surface area (TPSA) is 78.6 Å². The van der Waals surface area contributed by atoms with E-state index in [1.54, 1.807) is 13.0 Å². The first kappa shape index (κ1) is 15.2. The predicted molar refractivity (Wildman–Crippen MR) is 84.0 cm³/mol. The molecule has 1 aliphatic heterocycles. The van der Waals surface area contributed by atoms with Crippen molar-refractivity contribution in [2.24, 2.45) is 5.92 Å². The minimum absolute atomic E-state index is 0.0777. The number of aryl methyl sites for hydroxylation is 1. The van der Waals surface area contributed by atoms with E-state index in [0.29, 0.717) is 17.0 Å². The van der Waals surface area contributed by atoms with Crippen LogP contribution in [-0.4, -0.2) is 41.1 Å². The van der Waals surface area contributed by atoms with Gasteiger partial charge in [0.1, 0.15) is 0 Å². The summed E-state index contributed by atoms with van der Waals surface area (Å²) in [6, 6.07) is 3.70. The van der Waals surface area contributed by atoms with E-state index in [-0.39, 0.29) is 17.5 Å². The van der Waals surface area contributed by atoms with Crippen molar-refractivity contribution < 1.29 is 10.0 Å². The second-order valence-corrected chi connectivity index (χ2v) is 6.41. The van der Waals surface area contributed by atoms with Gasteiger partial charge >= 0.3 is 5.69 Å². The maximum atomic E-state index is 11.3. The van der Waals surface area contributed by atoms with Crippen molar-refractivity contribution >= 4 is 5.69 Å². The molecule has 6 nitrogen and oxygen atoms in total. The molecule has 1 aliphatic carbocycles. The molecule has 22 heavy (non-hydrogen) atoms. The van der Waals surface area contributed by atoms with E-state index in [9.17, 15) is 15.2 Å². The first-order valence-electron chi connectivity index (χ1n) is 7.99. The molecule has 0 amide bonds. The molecular weight excluding hydrogens is 282 g/mol. The van der Waals surface area contributed by atoms with Crippen molar-refractivity contribution in [2.75, 3.05) is 26.2 Å². The summed E-state index contributed by atoms with van der Waals surface area (Å²) >= 11 is 0. The highest BCUT2D eigenvalue weighted by atomic mass is 16.6. The Labute approximate surface area is 130 Å². The number of phenols is 1. The van der Waals surface area contributed by atoms with Gasteiger partial charge in [0.05, 0.1) is 4.92 Å². The zero-order valence-electron chi connectivity index (χ0n) is 12.9. The fraction of sp³-hybridized carbons (Fsp3) is 0.625. The van der Waals surface area contributed by atoms with Gasteiger partial charge in [0, 0.05) is 43.3 Å². The number of hydrogen-bond acceptors (Lipinski definition) is 5. The van der Waals surface area contributed by atoms with Gasteiger partial charge in [0.15, 0.2) is 5.75 Å². The molecule has 1 aromatic rings. The number of nitro groups is 1. The van der Waals surface area contributed by atoms with E-state index >= 15 is 0 Å². The van der Waals surface area contributed by atoms with E-state index in [1.165, 1.54) is 12.8 Å². The molecular formula is C16H23N3O3. The SMILES string of the molecule is Cc1ccc([C@@H](CC2CC2)N2CCNCC2)c(O)c1[N+](=O)[O-]. The summed E-state index contributed by atoms with van der Waals surface area (Å²) in [6.07, 6.45) is 3.45. The molecule has 1 aromatic carbocycles. The van der Waals surface area contributed by atoms with Crippen LogP contribution in [0.5, 0.6) is 5.75 Å². The van der Waals surface area contributed by atoms with Gasteiger partial charge in [-0.15, -0.1) is 0 Å². The van der Waals surface area contributed by atoms with Gasteiger partial charge in [-0.25, -0.2) is 0 Å². The Bertz CT molecular complexity index is 566. The number of benzene rings is 1. The third-order valence-electron chi connectivity index (χ3n) is 4.77. The van der Waals surface area contributed by atoms with Gasteiger partial charge in [0.25, 0.3) is 0 Å². The van der Waals surface area contributed by atoms with Gasteiger partial charge in [-0.2, -0.15) is 0 Å². The summed E-state index contributed by atoms with van der Waals surface area (Å²) in [5.41, 5.74) is 1.08. The van der Waals surface area contributed by atoms with Crippen LogP contribution in [0.1, 0.15) is 36.4 Å². The smallest absolute Gasteiger partial charge is 0.313 e. The molecule has 3 rings (SSSR count). The number of nitro benzene ring substituents is 1. The van der Waals surface area contributed by atoms with Crippen LogP contribution < -0.4 is 5.32 Å². The molecule has 0 radical (unpaired) electrons. The zero-order chi connectivity index (χ0) is 15.7. The lowest BCUT2D eigenvalue weighted by atomic mass is 9.95. The minimum Gasteiger partial charge on any atom is -0.502 e. The molecule has 1 saturated carbocycles. The van der Waals surface area contributed by atoms with Gasteiger partial charge in [0.2, 0.25) is 0 Å². The monoisotopic (exact) mass is 305 g/mol. The Balaban J connectivity index is 1.95. The van der Waals surface area contributed by atoms with Gasteiger partial charge in [-0.1, -0.05) is 25.0 Å². The van der Waals surface area contributed by atoms with Crippen LogP contribution in [0.2, 0.25) is 0 Å². The fourth-order valence-electron chi connectivity index (χ4n) is 3.33. The largest absolute Gasteiger partial charge is 0.502 e. The second-order valence-electron chi connectivity index (χ2n) is 6.41. The lowest BCUT2D eigenvalue weighted by molar-refractivity contribution is -0.386. The molecule has 0 unspecified atom stereocenters. The number of rotatable bonds is 5. The van der Waals surface area contributed by atoms with Crippen LogP contribution in [0.15, 0.2) is 12.1 Å². The number of aromatic hydroxyl groups is 1. The Morgan fingerprint density at radius 3 is 2.68 bits per heavy atom.